The number of nitriles is 1. The molecule has 0 aromatic heterocycles. The van der Waals surface area contributed by atoms with Crippen molar-refractivity contribution in [1.29, 1.82) is 5.26 Å². The number of nitrogens with zero attached hydrogens (tertiary/aromatic N) is 1. The van der Waals surface area contributed by atoms with Gasteiger partial charge in [-0.25, -0.2) is 0 Å². The zero-order valence-electron chi connectivity index (χ0n) is 20.2. The molecule has 1 amide bonds. The number of benzene rings is 2. The number of hydrogen-bond acceptors (Lipinski definition) is 6. The monoisotopic (exact) mass is 487 g/mol. The molecule has 1 atom stereocenters. The van der Waals surface area contributed by atoms with Crippen molar-refractivity contribution in [3.63, 3.8) is 0 Å². The fourth-order valence-electron chi connectivity index (χ4n) is 4.68. The minimum atomic E-state index is -0.518. The van der Waals surface area contributed by atoms with Crippen molar-refractivity contribution in [2.45, 2.75) is 46.0 Å². The van der Waals surface area contributed by atoms with Crippen LogP contribution >= 0.6 is 11.8 Å². The fourth-order valence-corrected chi connectivity index (χ4v) is 5.54. The van der Waals surface area contributed by atoms with Crippen molar-refractivity contribution < 1.29 is 14.3 Å². The van der Waals surface area contributed by atoms with Gasteiger partial charge in [-0.1, -0.05) is 48.2 Å². The van der Waals surface area contributed by atoms with E-state index in [1.807, 2.05) is 63.2 Å². The van der Waals surface area contributed by atoms with Gasteiger partial charge in [-0.2, -0.15) is 5.26 Å². The Morgan fingerprint density at radius 3 is 2.63 bits per heavy atom. The molecule has 2 aromatic carbocycles. The minimum absolute atomic E-state index is 0.0552. The predicted molar refractivity (Wildman–Crippen MR) is 139 cm³/mol. The second kappa shape index (κ2) is 10.8. The molecule has 2 N–H and O–H groups in total. The average molecular weight is 488 g/mol. The van der Waals surface area contributed by atoms with E-state index in [9.17, 15) is 14.9 Å². The van der Waals surface area contributed by atoms with Crippen LogP contribution in [0, 0.1) is 25.2 Å². The lowest BCUT2D eigenvalue weighted by atomic mass is 9.76. The maximum Gasteiger partial charge on any atom is 0.234 e. The molecule has 0 spiro atoms. The number of anilines is 1. The van der Waals surface area contributed by atoms with Crippen molar-refractivity contribution in [3.8, 4) is 11.8 Å². The number of para-hydroxylation sites is 2. The third kappa shape index (κ3) is 5.13. The molecule has 0 saturated heterocycles. The van der Waals surface area contributed by atoms with Crippen LogP contribution in [0.4, 0.5) is 5.69 Å². The SMILES string of the molecule is CCOc1ccccc1[C@H]1C(C#N)=C(SCC(=O)Nc2c(C)cccc2C)NC2=C1C(=O)CCC2. The molecule has 1 aliphatic heterocycles. The van der Waals surface area contributed by atoms with E-state index in [1.54, 1.807) is 0 Å². The van der Waals surface area contributed by atoms with Crippen molar-refractivity contribution in [2.75, 3.05) is 17.7 Å². The molecule has 0 fully saturated rings. The van der Waals surface area contributed by atoms with Gasteiger partial charge in [0.15, 0.2) is 5.78 Å². The zero-order valence-corrected chi connectivity index (χ0v) is 21.1. The number of nitrogens with one attached hydrogen (secondary N) is 2. The molecule has 180 valence electrons. The Bertz CT molecular complexity index is 1250. The Kier molecular flexibility index (Phi) is 7.62. The molecule has 0 bridgehead atoms. The van der Waals surface area contributed by atoms with Crippen LogP contribution in [0.25, 0.3) is 0 Å². The molecule has 0 saturated carbocycles. The number of rotatable bonds is 7. The normalized spacial score (nSPS) is 17.4. The predicted octanol–water partition coefficient (Wildman–Crippen LogP) is 5.50. The molecule has 6 nitrogen and oxygen atoms in total. The van der Waals surface area contributed by atoms with Crippen LogP contribution in [0.2, 0.25) is 0 Å². The Morgan fingerprint density at radius 2 is 1.91 bits per heavy atom. The van der Waals surface area contributed by atoms with Crippen LogP contribution in [-0.4, -0.2) is 24.1 Å². The molecule has 35 heavy (non-hydrogen) atoms. The first-order valence-electron chi connectivity index (χ1n) is 11.8. The van der Waals surface area contributed by atoms with E-state index in [2.05, 4.69) is 16.7 Å². The third-order valence-corrected chi connectivity index (χ3v) is 7.30. The minimum Gasteiger partial charge on any atom is -0.494 e. The van der Waals surface area contributed by atoms with Gasteiger partial charge >= 0.3 is 0 Å². The number of aryl methyl sites for hydroxylation is 2. The molecule has 1 aliphatic carbocycles. The molecule has 2 aliphatic rings. The summed E-state index contributed by atoms with van der Waals surface area (Å²) >= 11 is 1.29. The average Bonchev–Trinajstić information content (AvgIpc) is 2.85. The first-order valence-corrected chi connectivity index (χ1v) is 12.8. The summed E-state index contributed by atoms with van der Waals surface area (Å²) in [6.07, 6.45) is 1.95. The highest BCUT2D eigenvalue weighted by atomic mass is 32.2. The number of ketones is 1. The molecule has 7 heteroatoms. The molecule has 0 unspecified atom stereocenters. The first-order chi connectivity index (χ1) is 16.9. The van der Waals surface area contributed by atoms with E-state index in [0.717, 1.165) is 40.9 Å². The Morgan fingerprint density at radius 1 is 1.17 bits per heavy atom. The highest BCUT2D eigenvalue weighted by Crippen LogP contribution is 2.46. The molecule has 0 radical (unpaired) electrons. The highest BCUT2D eigenvalue weighted by Gasteiger charge is 2.38. The Balaban J connectivity index is 1.66. The van der Waals surface area contributed by atoms with Gasteiger partial charge in [-0.15, -0.1) is 0 Å². The van der Waals surface area contributed by atoms with Gasteiger partial charge in [0.25, 0.3) is 0 Å². The Labute approximate surface area is 210 Å². The van der Waals surface area contributed by atoms with Gasteiger partial charge in [0, 0.05) is 28.9 Å². The quantitative estimate of drug-likeness (QED) is 0.536. The van der Waals surface area contributed by atoms with E-state index in [1.165, 1.54) is 11.8 Å². The van der Waals surface area contributed by atoms with Crippen LogP contribution < -0.4 is 15.4 Å². The van der Waals surface area contributed by atoms with Crippen molar-refractivity contribution >= 4 is 29.1 Å². The summed E-state index contributed by atoms with van der Waals surface area (Å²) in [5.74, 6) is 0.190. The number of Topliss-reactive ketones (excluding diaryl/α,β-unsaturated/α-hetero) is 1. The molecule has 4 rings (SSSR count). The van der Waals surface area contributed by atoms with Gasteiger partial charge in [0.1, 0.15) is 5.75 Å². The van der Waals surface area contributed by atoms with Crippen LogP contribution in [0.15, 0.2) is 64.3 Å². The molecule has 1 heterocycles. The smallest absolute Gasteiger partial charge is 0.234 e. The molecule has 2 aromatic rings. The summed E-state index contributed by atoms with van der Waals surface area (Å²) in [5, 5.41) is 17.2. The number of dihydropyridines is 1. The summed E-state index contributed by atoms with van der Waals surface area (Å²) in [7, 11) is 0. The number of amides is 1. The van der Waals surface area contributed by atoms with Crippen LogP contribution in [0.5, 0.6) is 5.75 Å². The van der Waals surface area contributed by atoms with E-state index in [0.29, 0.717) is 35.0 Å². The lowest BCUT2D eigenvalue weighted by Crippen LogP contribution is -2.32. The lowest BCUT2D eigenvalue weighted by molar-refractivity contribution is -0.116. The Hall–Kier alpha value is -3.50. The summed E-state index contributed by atoms with van der Waals surface area (Å²) in [6.45, 7) is 6.31. The number of allylic oxidation sites excluding steroid dienone is 3. The molecular formula is C28H29N3O3S. The number of hydrogen-bond donors (Lipinski definition) is 2. The second-order valence-corrected chi connectivity index (χ2v) is 9.64. The van der Waals surface area contributed by atoms with Crippen LogP contribution in [0.3, 0.4) is 0 Å². The van der Waals surface area contributed by atoms with Crippen LogP contribution in [0.1, 0.15) is 48.8 Å². The summed E-state index contributed by atoms with van der Waals surface area (Å²) in [5.41, 5.74) is 5.54. The van der Waals surface area contributed by atoms with Gasteiger partial charge in [0.05, 0.1) is 34.9 Å². The lowest BCUT2D eigenvalue weighted by Gasteiger charge is -2.33. The summed E-state index contributed by atoms with van der Waals surface area (Å²) in [6, 6.07) is 15.8. The topological polar surface area (TPSA) is 91.2 Å². The van der Waals surface area contributed by atoms with Gasteiger partial charge in [-0.05, 0) is 50.8 Å². The van der Waals surface area contributed by atoms with Gasteiger partial charge in [-0.3, -0.25) is 9.59 Å². The van der Waals surface area contributed by atoms with E-state index in [-0.39, 0.29) is 17.4 Å². The van der Waals surface area contributed by atoms with Crippen LogP contribution in [-0.2, 0) is 9.59 Å². The van der Waals surface area contributed by atoms with E-state index >= 15 is 0 Å². The third-order valence-electron chi connectivity index (χ3n) is 6.29. The standard InChI is InChI=1S/C28H29N3O3S/c1-4-34-23-14-6-5-11-19(23)25-20(15-29)28(30-21-12-8-13-22(32)26(21)25)35-16-24(33)31-27-17(2)9-7-10-18(27)3/h5-7,9-11,14,25,30H,4,8,12-13,16H2,1-3H3,(H,31,33)/t25-/m0/s1. The largest absolute Gasteiger partial charge is 0.494 e. The maximum absolute atomic E-state index is 13.0. The highest BCUT2D eigenvalue weighted by molar-refractivity contribution is 8.03. The van der Waals surface area contributed by atoms with Gasteiger partial charge < -0.3 is 15.4 Å². The molecular weight excluding hydrogens is 458 g/mol. The van der Waals surface area contributed by atoms with Crippen molar-refractivity contribution in [1.82, 2.24) is 5.32 Å². The zero-order chi connectivity index (χ0) is 24.9. The fraction of sp³-hybridized carbons (Fsp3) is 0.321. The van der Waals surface area contributed by atoms with Crippen molar-refractivity contribution in [2.24, 2.45) is 0 Å². The second-order valence-electron chi connectivity index (χ2n) is 8.66. The van der Waals surface area contributed by atoms with Gasteiger partial charge in [0.2, 0.25) is 5.91 Å². The van der Waals surface area contributed by atoms with Crippen molar-refractivity contribution in [3.05, 3.63) is 81.0 Å². The van der Waals surface area contributed by atoms with E-state index in [4.69, 9.17) is 4.74 Å². The maximum atomic E-state index is 13.0. The summed E-state index contributed by atoms with van der Waals surface area (Å²) < 4.78 is 5.86. The number of carbonyl (C=O) groups is 2. The number of carbonyl (C=O) groups excluding carboxylic acids is 2. The number of thioether (sulfide) groups is 1. The summed E-state index contributed by atoms with van der Waals surface area (Å²) in [4.78, 5) is 25.9. The first kappa shape index (κ1) is 24.6. The van der Waals surface area contributed by atoms with E-state index < -0.39 is 5.92 Å². The number of ether oxygens (including phenoxy) is 1.